The second-order valence-electron chi connectivity index (χ2n) is 6.98. The SMILES string of the molecule is O=C1O[C@H]([C@@H](O)CO)C([O-])=C1O[P+](c1ccccc1)(c1ccccc1)c1ccccc1. The Bertz CT molecular complexity index is 972. The van der Waals surface area contributed by atoms with Gasteiger partial charge in [-0.15, -0.1) is 0 Å². The first-order valence-corrected chi connectivity index (χ1v) is 11.4. The molecule has 0 saturated heterocycles. The molecule has 0 fully saturated rings. The van der Waals surface area contributed by atoms with Gasteiger partial charge in [0, 0.05) is 0 Å². The Morgan fingerprint density at radius 2 is 1.29 bits per heavy atom. The minimum absolute atomic E-state index is 0.470. The van der Waals surface area contributed by atoms with Crippen LogP contribution in [-0.4, -0.2) is 35.0 Å². The molecule has 3 aromatic rings. The van der Waals surface area contributed by atoms with Gasteiger partial charge in [-0.1, -0.05) is 54.6 Å². The van der Waals surface area contributed by atoms with Crippen molar-refractivity contribution in [2.45, 2.75) is 12.2 Å². The molecule has 2 N–H and O–H groups in total. The third-order valence-corrected chi connectivity index (χ3v) is 8.56. The molecule has 1 aliphatic rings. The van der Waals surface area contributed by atoms with Crippen LogP contribution < -0.4 is 21.0 Å². The van der Waals surface area contributed by atoms with Crippen molar-refractivity contribution >= 4 is 29.4 Å². The van der Waals surface area contributed by atoms with Crippen LogP contribution in [0.15, 0.2) is 103 Å². The summed E-state index contributed by atoms with van der Waals surface area (Å²) in [5.41, 5.74) is 0. The van der Waals surface area contributed by atoms with E-state index in [2.05, 4.69) is 0 Å². The van der Waals surface area contributed by atoms with Crippen LogP contribution in [0.3, 0.4) is 0 Å². The number of hydrogen-bond acceptors (Lipinski definition) is 6. The van der Waals surface area contributed by atoms with Crippen LogP contribution in [-0.2, 0) is 14.1 Å². The van der Waals surface area contributed by atoms with Crippen molar-refractivity contribution in [1.29, 1.82) is 0 Å². The fourth-order valence-electron chi connectivity index (χ4n) is 3.54. The van der Waals surface area contributed by atoms with Crippen LogP contribution in [0.25, 0.3) is 0 Å². The number of aliphatic hydroxyl groups excluding tert-OH is 2. The maximum atomic E-state index is 12.9. The molecule has 0 radical (unpaired) electrons. The van der Waals surface area contributed by atoms with E-state index in [0.717, 1.165) is 15.9 Å². The molecule has 0 aromatic heterocycles. The molecule has 0 aliphatic carbocycles. The van der Waals surface area contributed by atoms with Crippen molar-refractivity contribution < 1.29 is 29.4 Å². The minimum atomic E-state index is -2.95. The molecular formula is C24H21O6P. The van der Waals surface area contributed by atoms with E-state index in [-0.39, 0.29) is 0 Å². The van der Waals surface area contributed by atoms with Crippen LogP contribution in [0.2, 0.25) is 0 Å². The Hall–Kier alpha value is -3.18. The van der Waals surface area contributed by atoms with Crippen molar-refractivity contribution in [1.82, 2.24) is 0 Å². The molecule has 4 rings (SSSR count). The average molecular weight is 436 g/mol. The molecule has 1 aliphatic heterocycles. The summed E-state index contributed by atoms with van der Waals surface area (Å²) in [5, 5.41) is 34.5. The molecule has 0 bridgehead atoms. The van der Waals surface area contributed by atoms with Crippen LogP contribution in [0.1, 0.15) is 0 Å². The highest BCUT2D eigenvalue weighted by atomic mass is 31.2. The van der Waals surface area contributed by atoms with Crippen molar-refractivity contribution in [3.05, 3.63) is 103 Å². The van der Waals surface area contributed by atoms with Crippen molar-refractivity contribution in [3.63, 3.8) is 0 Å². The summed E-state index contributed by atoms with van der Waals surface area (Å²) in [6.45, 7) is -0.715. The molecule has 31 heavy (non-hydrogen) atoms. The van der Waals surface area contributed by atoms with Gasteiger partial charge >= 0.3 is 5.97 Å². The van der Waals surface area contributed by atoms with E-state index in [1.807, 2.05) is 91.0 Å². The van der Waals surface area contributed by atoms with E-state index in [1.165, 1.54) is 0 Å². The summed E-state index contributed by atoms with van der Waals surface area (Å²) in [4.78, 5) is 12.6. The summed E-state index contributed by atoms with van der Waals surface area (Å²) in [6, 6.07) is 28.3. The third-order valence-electron chi connectivity index (χ3n) is 5.03. The smallest absolute Gasteiger partial charge is 0.378 e. The average Bonchev–Trinajstić information content (AvgIpc) is 3.11. The zero-order valence-electron chi connectivity index (χ0n) is 16.5. The zero-order chi connectivity index (χ0) is 21.8. The van der Waals surface area contributed by atoms with Crippen LogP contribution >= 0.6 is 7.49 Å². The van der Waals surface area contributed by atoms with Crippen LogP contribution in [0.4, 0.5) is 0 Å². The number of aliphatic hydroxyl groups is 2. The van der Waals surface area contributed by atoms with Crippen molar-refractivity contribution in [3.8, 4) is 0 Å². The number of hydrogen-bond donors (Lipinski definition) is 2. The summed E-state index contributed by atoms with van der Waals surface area (Å²) in [6.07, 6.45) is -3.01. The van der Waals surface area contributed by atoms with E-state index in [0.29, 0.717) is 0 Å². The van der Waals surface area contributed by atoms with Gasteiger partial charge in [-0.25, -0.2) is 4.79 Å². The van der Waals surface area contributed by atoms with E-state index in [9.17, 15) is 20.1 Å². The Balaban J connectivity index is 1.95. The maximum absolute atomic E-state index is 12.9. The Kier molecular flexibility index (Phi) is 6.05. The lowest BCUT2D eigenvalue weighted by atomic mass is 10.2. The predicted molar refractivity (Wildman–Crippen MR) is 116 cm³/mol. The molecule has 1 heterocycles. The zero-order valence-corrected chi connectivity index (χ0v) is 17.4. The molecule has 6 nitrogen and oxygen atoms in total. The van der Waals surface area contributed by atoms with Gasteiger partial charge in [0.25, 0.3) is 13.2 Å². The van der Waals surface area contributed by atoms with Gasteiger partial charge in [-0.05, 0) is 42.2 Å². The van der Waals surface area contributed by atoms with Gasteiger partial charge in [0.05, 0.1) is 6.61 Å². The van der Waals surface area contributed by atoms with Crippen molar-refractivity contribution in [2.24, 2.45) is 0 Å². The fraction of sp³-hybridized carbons (Fsp3) is 0.125. The molecular weight excluding hydrogens is 415 g/mol. The Morgan fingerprint density at radius 1 is 0.871 bits per heavy atom. The number of cyclic esters (lactones) is 1. The van der Waals surface area contributed by atoms with Gasteiger partial charge < -0.3 is 24.6 Å². The highest BCUT2D eigenvalue weighted by Crippen LogP contribution is 2.58. The summed E-state index contributed by atoms with van der Waals surface area (Å²) >= 11 is 0. The number of rotatable bonds is 7. The van der Waals surface area contributed by atoms with E-state index < -0.39 is 43.8 Å². The highest BCUT2D eigenvalue weighted by molar-refractivity contribution is 7.91. The van der Waals surface area contributed by atoms with Gasteiger partial charge in [0.2, 0.25) is 0 Å². The lowest BCUT2D eigenvalue weighted by Crippen LogP contribution is -2.35. The predicted octanol–water partition coefficient (Wildman–Crippen LogP) is 0.763. The molecule has 3 aromatic carbocycles. The maximum Gasteiger partial charge on any atom is 0.378 e. The summed E-state index contributed by atoms with van der Waals surface area (Å²) < 4.78 is 11.5. The van der Waals surface area contributed by atoms with Gasteiger partial charge in [0.1, 0.15) is 28.1 Å². The van der Waals surface area contributed by atoms with Crippen LogP contribution in [0, 0.1) is 0 Å². The third kappa shape index (κ3) is 3.81. The van der Waals surface area contributed by atoms with Gasteiger partial charge in [-0.3, -0.25) is 0 Å². The second kappa shape index (κ2) is 8.90. The highest BCUT2D eigenvalue weighted by Gasteiger charge is 2.52. The van der Waals surface area contributed by atoms with Crippen LogP contribution in [0.5, 0.6) is 0 Å². The molecule has 0 amide bonds. The molecule has 0 saturated carbocycles. The second-order valence-corrected chi connectivity index (χ2v) is 9.93. The summed E-state index contributed by atoms with van der Waals surface area (Å²) in [5.74, 6) is -2.20. The van der Waals surface area contributed by atoms with E-state index in [4.69, 9.17) is 9.26 Å². The first-order chi connectivity index (χ1) is 15.1. The number of carbonyl (C=O) groups is 1. The van der Waals surface area contributed by atoms with E-state index >= 15 is 0 Å². The summed E-state index contributed by atoms with van der Waals surface area (Å²) in [7, 11) is -2.95. The molecule has 158 valence electrons. The molecule has 0 unspecified atom stereocenters. The number of benzene rings is 3. The standard InChI is InChI=1S/C24H21O6P/c25-16-20(26)22-21(27)23(24(28)29-22)30-31(17-10-4-1-5-11-17,18-12-6-2-7-13-18)19-14-8-3-9-15-19/h1-15,20,22,25-26H,16H2/t20-,22+/m0/s1. The van der Waals surface area contributed by atoms with E-state index in [1.54, 1.807) is 0 Å². The lowest BCUT2D eigenvalue weighted by molar-refractivity contribution is -0.323. The molecule has 0 spiro atoms. The largest absolute Gasteiger partial charge is 0.870 e. The molecule has 7 heteroatoms. The minimum Gasteiger partial charge on any atom is -0.870 e. The topological polar surface area (TPSA) is 99.1 Å². The number of carbonyl (C=O) groups excluding carboxylic acids is 1. The molecule has 2 atom stereocenters. The quantitative estimate of drug-likeness (QED) is 0.419. The van der Waals surface area contributed by atoms with Gasteiger partial charge in [0.15, 0.2) is 0 Å². The Labute approximate surface area is 180 Å². The first kappa shape index (κ1) is 21.1. The van der Waals surface area contributed by atoms with Crippen molar-refractivity contribution in [2.75, 3.05) is 6.61 Å². The van der Waals surface area contributed by atoms with Gasteiger partial charge in [-0.2, -0.15) is 0 Å². The Morgan fingerprint density at radius 3 is 1.68 bits per heavy atom. The monoisotopic (exact) mass is 436 g/mol. The number of ether oxygens (including phenoxy) is 1. The normalized spacial score (nSPS) is 17.4. The fourth-order valence-corrected chi connectivity index (χ4v) is 6.96. The first-order valence-electron chi connectivity index (χ1n) is 9.74. The number of esters is 1. The lowest BCUT2D eigenvalue weighted by Gasteiger charge is -2.27.